The van der Waals surface area contributed by atoms with Gasteiger partial charge in [-0.05, 0) is 19.9 Å². The maximum atomic E-state index is 10.7. The Labute approximate surface area is 73.3 Å². The minimum Gasteiger partial charge on any atom is -0.392 e. The van der Waals surface area contributed by atoms with Crippen LogP contribution in [0.4, 0.5) is 0 Å². The number of aliphatic hydroxyl groups is 1. The fourth-order valence-corrected chi connectivity index (χ4v) is 0.810. The highest BCUT2D eigenvalue weighted by molar-refractivity contribution is 5.75. The molecule has 0 saturated heterocycles. The summed E-state index contributed by atoms with van der Waals surface area (Å²) in [4.78, 5) is 10.7. The van der Waals surface area contributed by atoms with Crippen molar-refractivity contribution >= 4 is 5.91 Å². The van der Waals surface area contributed by atoms with E-state index in [1.165, 1.54) is 0 Å². The van der Waals surface area contributed by atoms with Crippen LogP contribution in [0.1, 0.15) is 19.8 Å². The third kappa shape index (κ3) is 7.50. The molecule has 1 unspecified atom stereocenters. The molecule has 0 fully saturated rings. The molecule has 0 aromatic carbocycles. The van der Waals surface area contributed by atoms with Gasteiger partial charge in [0, 0.05) is 20.0 Å². The second-order valence-corrected chi connectivity index (χ2v) is 2.83. The summed E-state index contributed by atoms with van der Waals surface area (Å²) < 4.78 is 0. The summed E-state index contributed by atoms with van der Waals surface area (Å²) in [5.74, 6) is 0.0637. The van der Waals surface area contributed by atoms with E-state index in [1.54, 1.807) is 14.0 Å². The largest absolute Gasteiger partial charge is 0.392 e. The van der Waals surface area contributed by atoms with Crippen molar-refractivity contribution < 1.29 is 9.90 Å². The lowest BCUT2D eigenvalue weighted by atomic mass is 10.3. The molecule has 0 bridgehead atoms. The van der Waals surface area contributed by atoms with Crippen LogP contribution in [0.2, 0.25) is 0 Å². The Morgan fingerprint density at radius 3 is 2.75 bits per heavy atom. The van der Waals surface area contributed by atoms with Gasteiger partial charge in [-0.1, -0.05) is 0 Å². The van der Waals surface area contributed by atoms with Gasteiger partial charge in [0.1, 0.15) is 0 Å². The molecule has 0 aromatic rings. The number of rotatable bonds is 6. The Bertz CT molecular complexity index is 126. The van der Waals surface area contributed by atoms with Crippen LogP contribution < -0.4 is 10.6 Å². The monoisotopic (exact) mass is 174 g/mol. The van der Waals surface area contributed by atoms with E-state index in [0.29, 0.717) is 13.0 Å². The summed E-state index contributed by atoms with van der Waals surface area (Å²) in [7, 11) is 1.63. The quantitative estimate of drug-likeness (QED) is 0.475. The van der Waals surface area contributed by atoms with Gasteiger partial charge in [-0.2, -0.15) is 0 Å². The molecule has 0 aliphatic rings. The topological polar surface area (TPSA) is 61.4 Å². The average molecular weight is 174 g/mol. The maximum absolute atomic E-state index is 10.7. The van der Waals surface area contributed by atoms with E-state index >= 15 is 0 Å². The standard InChI is InChI=1S/C8H18N2O2/c1-7(11)6-10-5-3-4-8(12)9-2/h7,10-11H,3-6H2,1-2H3,(H,9,12). The fraction of sp³-hybridized carbons (Fsp3) is 0.875. The summed E-state index contributed by atoms with van der Waals surface area (Å²) in [6.45, 7) is 3.10. The maximum Gasteiger partial charge on any atom is 0.219 e. The van der Waals surface area contributed by atoms with Crippen LogP contribution in [0.15, 0.2) is 0 Å². The molecule has 12 heavy (non-hydrogen) atoms. The average Bonchev–Trinajstić information content (AvgIpc) is 2.03. The van der Waals surface area contributed by atoms with Gasteiger partial charge in [-0.15, -0.1) is 0 Å². The minimum absolute atomic E-state index is 0.0637. The minimum atomic E-state index is -0.315. The highest BCUT2D eigenvalue weighted by atomic mass is 16.3. The van der Waals surface area contributed by atoms with Crippen LogP contribution in [-0.2, 0) is 4.79 Å². The Hall–Kier alpha value is -0.610. The smallest absolute Gasteiger partial charge is 0.219 e. The predicted molar refractivity (Wildman–Crippen MR) is 47.9 cm³/mol. The molecule has 1 amide bonds. The highest BCUT2D eigenvalue weighted by Crippen LogP contribution is 1.86. The van der Waals surface area contributed by atoms with E-state index in [4.69, 9.17) is 5.11 Å². The first-order chi connectivity index (χ1) is 5.66. The lowest BCUT2D eigenvalue weighted by molar-refractivity contribution is -0.120. The molecule has 4 nitrogen and oxygen atoms in total. The molecule has 0 saturated carbocycles. The van der Waals surface area contributed by atoms with Gasteiger partial charge < -0.3 is 15.7 Å². The highest BCUT2D eigenvalue weighted by Gasteiger charge is 1.97. The molecular weight excluding hydrogens is 156 g/mol. The zero-order chi connectivity index (χ0) is 9.40. The van der Waals surface area contributed by atoms with E-state index in [1.807, 2.05) is 0 Å². The number of carbonyl (C=O) groups excluding carboxylic acids is 1. The zero-order valence-electron chi connectivity index (χ0n) is 7.76. The molecule has 0 aromatic heterocycles. The van der Waals surface area contributed by atoms with Gasteiger partial charge in [-0.3, -0.25) is 4.79 Å². The SMILES string of the molecule is CNC(=O)CCCNCC(C)O. The van der Waals surface area contributed by atoms with Crippen molar-refractivity contribution in [2.75, 3.05) is 20.1 Å². The third-order valence-electron chi connectivity index (χ3n) is 1.48. The van der Waals surface area contributed by atoms with Gasteiger partial charge in [0.2, 0.25) is 5.91 Å². The van der Waals surface area contributed by atoms with E-state index in [9.17, 15) is 4.79 Å². The van der Waals surface area contributed by atoms with Crippen LogP contribution >= 0.6 is 0 Å². The second-order valence-electron chi connectivity index (χ2n) is 2.83. The van der Waals surface area contributed by atoms with Gasteiger partial charge in [0.15, 0.2) is 0 Å². The van der Waals surface area contributed by atoms with Crippen LogP contribution in [0.25, 0.3) is 0 Å². The molecule has 4 heteroatoms. The van der Waals surface area contributed by atoms with Crippen molar-refractivity contribution in [1.82, 2.24) is 10.6 Å². The Morgan fingerprint density at radius 2 is 2.25 bits per heavy atom. The van der Waals surface area contributed by atoms with Crippen LogP contribution in [0.3, 0.4) is 0 Å². The lowest BCUT2D eigenvalue weighted by Gasteiger charge is -2.05. The summed E-state index contributed by atoms with van der Waals surface area (Å²) in [5.41, 5.74) is 0. The number of hydrogen-bond donors (Lipinski definition) is 3. The number of nitrogens with one attached hydrogen (secondary N) is 2. The number of carbonyl (C=O) groups is 1. The van der Waals surface area contributed by atoms with Gasteiger partial charge in [0.05, 0.1) is 6.10 Å². The summed E-state index contributed by atoms with van der Waals surface area (Å²) in [6, 6.07) is 0. The molecule has 0 heterocycles. The Kier molecular flexibility index (Phi) is 6.70. The summed E-state index contributed by atoms with van der Waals surface area (Å²) in [6.07, 6.45) is 1.04. The van der Waals surface area contributed by atoms with Crippen molar-refractivity contribution in [2.24, 2.45) is 0 Å². The first-order valence-corrected chi connectivity index (χ1v) is 4.26. The summed E-state index contributed by atoms with van der Waals surface area (Å²) >= 11 is 0. The van der Waals surface area contributed by atoms with Crippen LogP contribution in [-0.4, -0.2) is 37.3 Å². The molecule has 0 radical (unpaired) electrons. The first kappa shape index (κ1) is 11.4. The molecule has 0 aliphatic carbocycles. The zero-order valence-corrected chi connectivity index (χ0v) is 7.76. The van der Waals surface area contributed by atoms with Crippen molar-refractivity contribution in [3.05, 3.63) is 0 Å². The van der Waals surface area contributed by atoms with E-state index in [0.717, 1.165) is 13.0 Å². The van der Waals surface area contributed by atoms with Gasteiger partial charge in [0.25, 0.3) is 0 Å². The van der Waals surface area contributed by atoms with Crippen LogP contribution in [0, 0.1) is 0 Å². The second kappa shape index (κ2) is 7.06. The van der Waals surface area contributed by atoms with E-state index in [2.05, 4.69) is 10.6 Å². The molecule has 1 atom stereocenters. The predicted octanol–water partition coefficient (Wildman–Crippen LogP) is -0.517. The molecule has 3 N–H and O–H groups in total. The molecule has 0 spiro atoms. The Morgan fingerprint density at radius 1 is 1.58 bits per heavy atom. The van der Waals surface area contributed by atoms with Gasteiger partial charge in [-0.25, -0.2) is 0 Å². The molecular formula is C8H18N2O2. The van der Waals surface area contributed by atoms with Crippen molar-refractivity contribution in [3.63, 3.8) is 0 Å². The summed E-state index contributed by atoms with van der Waals surface area (Å²) in [5, 5.41) is 14.4. The van der Waals surface area contributed by atoms with Crippen molar-refractivity contribution in [1.29, 1.82) is 0 Å². The molecule has 0 aliphatic heterocycles. The third-order valence-corrected chi connectivity index (χ3v) is 1.48. The number of hydrogen-bond acceptors (Lipinski definition) is 3. The van der Waals surface area contributed by atoms with Crippen LogP contribution in [0.5, 0.6) is 0 Å². The molecule has 72 valence electrons. The van der Waals surface area contributed by atoms with Gasteiger partial charge >= 0.3 is 0 Å². The number of amides is 1. The lowest BCUT2D eigenvalue weighted by Crippen LogP contribution is -2.26. The fourth-order valence-electron chi connectivity index (χ4n) is 0.810. The van der Waals surface area contributed by atoms with Crippen molar-refractivity contribution in [2.45, 2.75) is 25.9 Å². The van der Waals surface area contributed by atoms with E-state index in [-0.39, 0.29) is 12.0 Å². The normalized spacial score (nSPS) is 12.6. The van der Waals surface area contributed by atoms with E-state index < -0.39 is 0 Å². The Balaban J connectivity index is 3.05. The molecule has 0 rings (SSSR count). The number of aliphatic hydroxyl groups excluding tert-OH is 1. The first-order valence-electron chi connectivity index (χ1n) is 4.26. The van der Waals surface area contributed by atoms with Crippen molar-refractivity contribution in [3.8, 4) is 0 Å².